The van der Waals surface area contributed by atoms with Gasteiger partial charge < -0.3 is 5.73 Å². The van der Waals surface area contributed by atoms with Gasteiger partial charge in [0.25, 0.3) is 0 Å². The summed E-state index contributed by atoms with van der Waals surface area (Å²) in [6.45, 7) is 0.335. The lowest BCUT2D eigenvalue weighted by molar-refractivity contribution is 0.0971. The van der Waals surface area contributed by atoms with Crippen LogP contribution in [-0.2, 0) is 13.0 Å². The zero-order valence-electron chi connectivity index (χ0n) is 7.29. The van der Waals surface area contributed by atoms with Gasteiger partial charge in [-0.3, -0.25) is 4.79 Å². The molecule has 4 heteroatoms. The van der Waals surface area contributed by atoms with Gasteiger partial charge in [0.2, 0.25) is 0 Å². The zero-order valence-corrected chi connectivity index (χ0v) is 7.29. The molecule has 1 aromatic rings. The minimum atomic E-state index is 0.157. The summed E-state index contributed by atoms with van der Waals surface area (Å²) in [6, 6.07) is 0. The highest BCUT2D eigenvalue weighted by atomic mass is 16.1. The van der Waals surface area contributed by atoms with Crippen LogP contribution in [0.25, 0.3) is 0 Å². The number of aromatic nitrogens is 2. The molecule has 68 valence electrons. The first-order valence-electron chi connectivity index (χ1n) is 4.39. The largest absolute Gasteiger partial charge is 0.324 e. The first-order chi connectivity index (χ1) is 6.31. The number of hydrogen-bond donors (Lipinski definition) is 1. The van der Waals surface area contributed by atoms with Crippen molar-refractivity contribution in [3.05, 3.63) is 23.3 Å². The van der Waals surface area contributed by atoms with E-state index < -0.39 is 0 Å². The van der Waals surface area contributed by atoms with Crippen LogP contribution in [0.4, 0.5) is 0 Å². The van der Waals surface area contributed by atoms with Crippen LogP contribution in [0.2, 0.25) is 0 Å². The van der Waals surface area contributed by atoms with E-state index in [4.69, 9.17) is 5.73 Å². The maximum absolute atomic E-state index is 11.4. The molecular weight excluding hydrogens is 166 g/mol. The molecule has 4 nitrogen and oxygen atoms in total. The Morgan fingerprint density at radius 2 is 2.31 bits per heavy atom. The first kappa shape index (κ1) is 8.31. The molecule has 0 saturated heterocycles. The molecule has 0 unspecified atom stereocenters. The highest BCUT2D eigenvalue weighted by Crippen LogP contribution is 2.18. The van der Waals surface area contributed by atoms with Gasteiger partial charge in [0.1, 0.15) is 5.82 Å². The topological polar surface area (TPSA) is 68.9 Å². The summed E-state index contributed by atoms with van der Waals surface area (Å²) >= 11 is 0. The fourth-order valence-corrected chi connectivity index (χ4v) is 1.53. The van der Waals surface area contributed by atoms with Crippen molar-refractivity contribution in [1.82, 2.24) is 9.97 Å². The van der Waals surface area contributed by atoms with E-state index in [2.05, 4.69) is 9.97 Å². The van der Waals surface area contributed by atoms with Crippen LogP contribution in [0.5, 0.6) is 0 Å². The van der Waals surface area contributed by atoms with Crippen LogP contribution in [0, 0.1) is 0 Å². The first-order valence-corrected chi connectivity index (χ1v) is 4.39. The molecule has 0 fully saturated rings. The van der Waals surface area contributed by atoms with Gasteiger partial charge in [-0.05, 0) is 12.8 Å². The Morgan fingerprint density at radius 3 is 3.08 bits per heavy atom. The summed E-state index contributed by atoms with van der Waals surface area (Å²) in [5, 5.41) is 0. The van der Waals surface area contributed by atoms with E-state index in [1.54, 1.807) is 6.20 Å². The number of fused-ring (bicyclic) bond motifs is 1. The summed E-state index contributed by atoms with van der Waals surface area (Å²) in [6.07, 6.45) is 3.99. The minimum absolute atomic E-state index is 0.157. The lowest BCUT2D eigenvalue weighted by Crippen LogP contribution is -2.15. The molecule has 13 heavy (non-hydrogen) atoms. The Bertz CT molecular complexity index is 349. The molecule has 0 amide bonds. The summed E-state index contributed by atoms with van der Waals surface area (Å²) in [5.74, 6) is 0.776. The number of aryl methyl sites for hydroxylation is 1. The molecule has 2 rings (SSSR count). The predicted molar refractivity (Wildman–Crippen MR) is 47.2 cm³/mol. The van der Waals surface area contributed by atoms with E-state index in [0.717, 1.165) is 18.5 Å². The van der Waals surface area contributed by atoms with Crippen molar-refractivity contribution < 1.29 is 4.79 Å². The van der Waals surface area contributed by atoms with E-state index in [-0.39, 0.29) is 5.78 Å². The number of Topliss-reactive ketones (excluding diaryl/α,β-unsaturated/α-hetero) is 1. The molecular formula is C9H11N3O. The van der Waals surface area contributed by atoms with E-state index in [9.17, 15) is 4.79 Å². The SMILES string of the molecule is NCc1ncc2c(n1)CCCC2=O. The standard InChI is InChI=1S/C9H11N3O/c10-4-9-11-5-6-7(12-9)2-1-3-8(6)13/h5H,1-4,10H2. The highest BCUT2D eigenvalue weighted by molar-refractivity contribution is 5.97. The van der Waals surface area contributed by atoms with E-state index in [1.807, 2.05) is 0 Å². The van der Waals surface area contributed by atoms with Crippen LogP contribution in [0.1, 0.15) is 34.7 Å². The Kier molecular flexibility index (Phi) is 2.06. The number of hydrogen-bond acceptors (Lipinski definition) is 4. The highest BCUT2D eigenvalue weighted by Gasteiger charge is 2.18. The summed E-state index contributed by atoms with van der Waals surface area (Å²) < 4.78 is 0. The van der Waals surface area contributed by atoms with Gasteiger partial charge in [-0.25, -0.2) is 9.97 Å². The monoisotopic (exact) mass is 177 g/mol. The van der Waals surface area contributed by atoms with Crippen LogP contribution < -0.4 is 5.73 Å². The third kappa shape index (κ3) is 1.45. The number of nitrogens with two attached hydrogens (primary N) is 1. The molecule has 0 saturated carbocycles. The van der Waals surface area contributed by atoms with Crippen molar-refractivity contribution >= 4 is 5.78 Å². The van der Waals surface area contributed by atoms with Gasteiger partial charge >= 0.3 is 0 Å². The van der Waals surface area contributed by atoms with Crippen LogP contribution in [-0.4, -0.2) is 15.8 Å². The molecule has 0 spiro atoms. The van der Waals surface area contributed by atoms with E-state index in [0.29, 0.717) is 24.4 Å². The van der Waals surface area contributed by atoms with Crippen molar-refractivity contribution in [3.63, 3.8) is 0 Å². The van der Waals surface area contributed by atoms with Crippen LogP contribution in [0.15, 0.2) is 6.20 Å². The predicted octanol–water partition coefficient (Wildman–Crippen LogP) is 0.454. The van der Waals surface area contributed by atoms with E-state index >= 15 is 0 Å². The Morgan fingerprint density at radius 1 is 1.46 bits per heavy atom. The number of nitrogens with zero attached hydrogens (tertiary/aromatic N) is 2. The average molecular weight is 177 g/mol. The number of ketones is 1. The van der Waals surface area contributed by atoms with Crippen molar-refractivity contribution in [1.29, 1.82) is 0 Å². The second-order valence-corrected chi connectivity index (χ2v) is 3.13. The molecule has 1 aliphatic carbocycles. The fraction of sp³-hybridized carbons (Fsp3) is 0.444. The summed E-state index contributed by atoms with van der Waals surface area (Å²) in [5.41, 5.74) is 6.96. The van der Waals surface area contributed by atoms with E-state index in [1.165, 1.54) is 0 Å². The molecule has 0 aromatic carbocycles. The second kappa shape index (κ2) is 3.22. The van der Waals surface area contributed by atoms with Crippen molar-refractivity contribution in [2.45, 2.75) is 25.8 Å². The van der Waals surface area contributed by atoms with Gasteiger partial charge in [-0.1, -0.05) is 0 Å². The fourth-order valence-electron chi connectivity index (χ4n) is 1.53. The second-order valence-electron chi connectivity index (χ2n) is 3.13. The zero-order chi connectivity index (χ0) is 9.26. The summed E-state index contributed by atoms with van der Waals surface area (Å²) in [4.78, 5) is 19.6. The summed E-state index contributed by atoms with van der Waals surface area (Å²) in [7, 11) is 0. The maximum Gasteiger partial charge on any atom is 0.166 e. The molecule has 0 bridgehead atoms. The Balaban J connectivity index is 2.45. The van der Waals surface area contributed by atoms with Crippen LogP contribution in [0.3, 0.4) is 0 Å². The molecule has 0 atom stereocenters. The van der Waals surface area contributed by atoms with Crippen molar-refractivity contribution in [3.8, 4) is 0 Å². The quantitative estimate of drug-likeness (QED) is 0.676. The van der Waals surface area contributed by atoms with Gasteiger partial charge in [0, 0.05) is 12.6 Å². The van der Waals surface area contributed by atoms with Gasteiger partial charge in [0.15, 0.2) is 5.78 Å². The average Bonchev–Trinajstić information content (AvgIpc) is 2.18. The Labute approximate surface area is 76.2 Å². The van der Waals surface area contributed by atoms with Gasteiger partial charge in [-0.2, -0.15) is 0 Å². The molecule has 0 radical (unpaired) electrons. The minimum Gasteiger partial charge on any atom is -0.324 e. The number of carbonyl (C=O) groups is 1. The smallest absolute Gasteiger partial charge is 0.166 e. The number of carbonyl (C=O) groups excluding carboxylic acids is 1. The van der Waals surface area contributed by atoms with Gasteiger partial charge in [-0.15, -0.1) is 0 Å². The number of rotatable bonds is 1. The maximum atomic E-state index is 11.4. The van der Waals surface area contributed by atoms with Crippen molar-refractivity contribution in [2.24, 2.45) is 5.73 Å². The molecule has 1 heterocycles. The third-order valence-corrected chi connectivity index (χ3v) is 2.22. The van der Waals surface area contributed by atoms with Gasteiger partial charge in [0.05, 0.1) is 17.8 Å². The molecule has 0 aliphatic heterocycles. The molecule has 2 N–H and O–H groups in total. The molecule has 1 aromatic heterocycles. The van der Waals surface area contributed by atoms with Crippen molar-refractivity contribution in [2.75, 3.05) is 0 Å². The Hall–Kier alpha value is -1.29. The lowest BCUT2D eigenvalue weighted by atomic mass is 9.96. The van der Waals surface area contributed by atoms with Crippen LogP contribution >= 0.6 is 0 Å². The third-order valence-electron chi connectivity index (χ3n) is 2.22. The normalized spacial score (nSPS) is 15.6. The lowest BCUT2D eigenvalue weighted by Gasteiger charge is -2.12. The molecule has 1 aliphatic rings.